The first-order valence-electron chi connectivity index (χ1n) is 8.33. The fourth-order valence-corrected chi connectivity index (χ4v) is 3.12. The molecule has 2 aliphatic heterocycles. The molecule has 0 radical (unpaired) electrons. The largest absolute Gasteiger partial charge is 0.449 e. The van der Waals surface area contributed by atoms with Crippen LogP contribution in [0, 0.1) is 5.92 Å². The Balaban J connectivity index is 1.55. The van der Waals surface area contributed by atoms with Gasteiger partial charge in [0, 0.05) is 43.3 Å². The van der Waals surface area contributed by atoms with E-state index in [1.807, 2.05) is 0 Å². The normalized spacial score (nSPS) is 21.7. The number of anilines is 2. The van der Waals surface area contributed by atoms with Crippen LogP contribution in [0.15, 0.2) is 24.3 Å². The van der Waals surface area contributed by atoms with E-state index < -0.39 is 17.9 Å². The van der Waals surface area contributed by atoms with Crippen molar-refractivity contribution in [2.45, 2.75) is 19.4 Å². The van der Waals surface area contributed by atoms with Crippen LogP contribution in [0.5, 0.6) is 0 Å². The number of hydrogen-bond acceptors (Lipinski definition) is 5. The molecule has 2 atom stereocenters. The molecule has 3 rings (SSSR count). The van der Waals surface area contributed by atoms with E-state index >= 15 is 0 Å². The van der Waals surface area contributed by atoms with Crippen LogP contribution < -0.4 is 16.0 Å². The summed E-state index contributed by atoms with van der Waals surface area (Å²) >= 11 is 0. The minimum atomic E-state index is -0.725. The van der Waals surface area contributed by atoms with Crippen molar-refractivity contribution in [1.29, 1.82) is 0 Å². The molecular formula is C17H20N4O5. The monoisotopic (exact) mass is 360 g/mol. The smallest absolute Gasteiger partial charge is 0.407 e. The lowest BCUT2D eigenvalue weighted by Gasteiger charge is -2.40. The Hall–Kier alpha value is -3.10. The molecule has 2 aliphatic rings. The van der Waals surface area contributed by atoms with Crippen LogP contribution in [-0.2, 0) is 19.1 Å². The topological polar surface area (TPSA) is 117 Å². The van der Waals surface area contributed by atoms with E-state index in [0.717, 1.165) is 0 Å². The molecule has 0 spiro atoms. The fourth-order valence-electron chi connectivity index (χ4n) is 3.12. The highest BCUT2D eigenvalue weighted by atomic mass is 16.6. The van der Waals surface area contributed by atoms with Gasteiger partial charge in [0.25, 0.3) is 0 Å². The van der Waals surface area contributed by atoms with Crippen molar-refractivity contribution in [3.05, 3.63) is 24.3 Å². The quantitative estimate of drug-likeness (QED) is 0.666. The van der Waals surface area contributed by atoms with E-state index in [4.69, 9.17) is 4.74 Å². The highest BCUT2D eigenvalue weighted by Gasteiger charge is 2.37. The second-order valence-corrected chi connectivity index (χ2v) is 6.36. The van der Waals surface area contributed by atoms with E-state index in [1.54, 1.807) is 24.3 Å². The number of carbonyl (C=O) groups is 4. The van der Waals surface area contributed by atoms with E-state index in [2.05, 4.69) is 16.0 Å². The Labute approximate surface area is 150 Å². The Morgan fingerprint density at radius 2 is 1.81 bits per heavy atom. The van der Waals surface area contributed by atoms with E-state index in [-0.39, 0.29) is 24.5 Å². The Morgan fingerprint density at radius 1 is 1.15 bits per heavy atom. The van der Waals surface area contributed by atoms with E-state index in [1.165, 1.54) is 11.8 Å². The van der Waals surface area contributed by atoms with Crippen LogP contribution in [0.4, 0.5) is 16.2 Å². The fraction of sp³-hybridized carbons (Fsp3) is 0.412. The van der Waals surface area contributed by atoms with E-state index in [9.17, 15) is 19.2 Å². The van der Waals surface area contributed by atoms with Crippen LogP contribution in [-0.4, -0.2) is 54.5 Å². The van der Waals surface area contributed by atoms with Crippen LogP contribution >= 0.6 is 0 Å². The average molecular weight is 360 g/mol. The molecule has 0 aromatic heterocycles. The molecule has 138 valence electrons. The molecule has 0 saturated carbocycles. The van der Waals surface area contributed by atoms with Gasteiger partial charge in [-0.3, -0.25) is 14.4 Å². The van der Waals surface area contributed by atoms with Crippen molar-refractivity contribution in [1.82, 2.24) is 10.2 Å². The predicted octanol–water partition coefficient (Wildman–Crippen LogP) is 0.540. The van der Waals surface area contributed by atoms with Crippen LogP contribution in [0.1, 0.15) is 13.3 Å². The van der Waals surface area contributed by atoms with Crippen molar-refractivity contribution >= 4 is 35.2 Å². The molecule has 0 aliphatic carbocycles. The van der Waals surface area contributed by atoms with Crippen molar-refractivity contribution in [3.63, 3.8) is 0 Å². The third kappa shape index (κ3) is 4.11. The molecule has 0 unspecified atom stereocenters. The van der Waals surface area contributed by atoms with E-state index in [0.29, 0.717) is 30.9 Å². The number of fused-ring (bicyclic) bond motifs is 1. The van der Waals surface area contributed by atoms with Crippen molar-refractivity contribution in [2.24, 2.45) is 5.92 Å². The SMILES string of the molecule is CC(=O)Nc1ccc(NC(=O)C(=O)N2CC[C@@H]3NC(=O)OC[C@H]3C2)cc1. The second kappa shape index (κ2) is 7.42. The maximum atomic E-state index is 12.4. The number of amides is 4. The predicted molar refractivity (Wildman–Crippen MR) is 92.3 cm³/mol. The number of nitrogens with zero attached hydrogens (tertiary/aromatic N) is 1. The van der Waals surface area contributed by atoms with Gasteiger partial charge in [0.15, 0.2) is 0 Å². The zero-order valence-corrected chi connectivity index (χ0v) is 14.3. The number of likely N-dealkylation sites (tertiary alicyclic amines) is 1. The highest BCUT2D eigenvalue weighted by Crippen LogP contribution is 2.21. The molecule has 2 fully saturated rings. The zero-order valence-electron chi connectivity index (χ0n) is 14.3. The van der Waals surface area contributed by atoms with Gasteiger partial charge in [-0.15, -0.1) is 0 Å². The molecule has 26 heavy (non-hydrogen) atoms. The van der Waals surface area contributed by atoms with Crippen molar-refractivity contribution in [3.8, 4) is 0 Å². The van der Waals surface area contributed by atoms with Gasteiger partial charge in [-0.2, -0.15) is 0 Å². The number of ether oxygens (including phenoxy) is 1. The third-order valence-corrected chi connectivity index (χ3v) is 4.41. The lowest BCUT2D eigenvalue weighted by molar-refractivity contribution is -0.145. The number of rotatable bonds is 2. The first kappa shape index (κ1) is 17.7. The van der Waals surface area contributed by atoms with Crippen LogP contribution in [0.3, 0.4) is 0 Å². The Kier molecular flexibility index (Phi) is 5.06. The number of nitrogens with one attached hydrogen (secondary N) is 3. The van der Waals surface area contributed by atoms with Gasteiger partial charge in [0.05, 0.1) is 6.61 Å². The second-order valence-electron chi connectivity index (χ2n) is 6.36. The van der Waals surface area contributed by atoms with Crippen LogP contribution in [0.25, 0.3) is 0 Å². The number of carbonyl (C=O) groups excluding carboxylic acids is 4. The molecule has 9 heteroatoms. The lowest BCUT2D eigenvalue weighted by Crippen LogP contribution is -2.58. The third-order valence-electron chi connectivity index (χ3n) is 4.41. The average Bonchev–Trinajstić information content (AvgIpc) is 2.61. The maximum absolute atomic E-state index is 12.4. The summed E-state index contributed by atoms with van der Waals surface area (Å²) < 4.78 is 4.95. The molecule has 1 aromatic carbocycles. The number of alkyl carbamates (subject to hydrolysis) is 1. The molecule has 3 N–H and O–H groups in total. The zero-order chi connectivity index (χ0) is 18.7. The molecule has 2 heterocycles. The van der Waals surface area contributed by atoms with Gasteiger partial charge < -0.3 is 25.6 Å². The lowest BCUT2D eigenvalue weighted by atomic mass is 9.92. The molecule has 4 amide bonds. The molecule has 1 aromatic rings. The van der Waals surface area contributed by atoms with Crippen molar-refractivity contribution < 1.29 is 23.9 Å². The van der Waals surface area contributed by atoms with Gasteiger partial charge in [0.1, 0.15) is 0 Å². The summed E-state index contributed by atoms with van der Waals surface area (Å²) in [5.41, 5.74) is 1.06. The molecule has 0 bridgehead atoms. The summed E-state index contributed by atoms with van der Waals surface area (Å²) in [5, 5.41) is 7.91. The van der Waals surface area contributed by atoms with Crippen LogP contribution in [0.2, 0.25) is 0 Å². The summed E-state index contributed by atoms with van der Waals surface area (Å²) in [6.07, 6.45) is 0.149. The number of hydrogen-bond donors (Lipinski definition) is 3. The van der Waals surface area contributed by atoms with Gasteiger partial charge in [-0.25, -0.2) is 4.79 Å². The minimum absolute atomic E-state index is 0.0184. The molecular weight excluding hydrogens is 340 g/mol. The summed E-state index contributed by atoms with van der Waals surface area (Å²) in [6, 6.07) is 6.45. The Bertz CT molecular complexity index is 733. The van der Waals surface area contributed by atoms with Crippen molar-refractivity contribution in [2.75, 3.05) is 30.3 Å². The maximum Gasteiger partial charge on any atom is 0.407 e. The molecule has 2 saturated heterocycles. The number of benzene rings is 1. The Morgan fingerprint density at radius 3 is 2.46 bits per heavy atom. The first-order valence-corrected chi connectivity index (χ1v) is 8.33. The summed E-state index contributed by atoms with van der Waals surface area (Å²) in [4.78, 5) is 48.3. The minimum Gasteiger partial charge on any atom is -0.449 e. The first-order chi connectivity index (χ1) is 12.4. The standard InChI is InChI=1S/C17H20N4O5/c1-10(22)18-12-2-4-13(5-3-12)19-15(23)16(24)21-7-6-14-11(8-21)9-26-17(25)20-14/h2-5,11,14H,6-9H2,1H3,(H,18,22)(H,19,23)(H,20,25)/t11-,14+/m1/s1. The summed E-state index contributed by atoms with van der Waals surface area (Å²) in [7, 11) is 0. The number of cyclic esters (lactones) is 1. The summed E-state index contributed by atoms with van der Waals surface area (Å²) in [5.74, 6) is -1.55. The van der Waals surface area contributed by atoms with Gasteiger partial charge >= 0.3 is 17.9 Å². The van der Waals surface area contributed by atoms with Gasteiger partial charge in [-0.05, 0) is 30.7 Å². The van der Waals surface area contributed by atoms with Gasteiger partial charge in [-0.1, -0.05) is 0 Å². The molecule has 9 nitrogen and oxygen atoms in total. The number of piperidine rings is 1. The highest BCUT2D eigenvalue weighted by molar-refractivity contribution is 6.39. The van der Waals surface area contributed by atoms with Gasteiger partial charge in [0.2, 0.25) is 5.91 Å². The summed E-state index contributed by atoms with van der Waals surface area (Å²) in [6.45, 7) is 2.40.